The highest BCUT2D eigenvalue weighted by molar-refractivity contribution is 5.79. The number of hydrogen-bond donors (Lipinski definition) is 1. The molecule has 0 aromatic rings. The molecule has 0 heterocycles. The number of methoxy groups -OCH3 is 1. The van der Waals surface area contributed by atoms with Gasteiger partial charge in [0.05, 0.1) is 19.4 Å². The molecule has 0 amide bonds. The molecule has 2 unspecified atom stereocenters. The minimum absolute atomic E-state index is 0.0881. The summed E-state index contributed by atoms with van der Waals surface area (Å²) in [5.74, 6) is -2.36. The fourth-order valence-corrected chi connectivity index (χ4v) is 2.28. The molecule has 0 spiro atoms. The molecule has 4 heteroatoms. The van der Waals surface area contributed by atoms with Crippen molar-refractivity contribution in [1.29, 1.82) is 0 Å². The average Bonchev–Trinajstić information content (AvgIpc) is 2.47. The van der Waals surface area contributed by atoms with Crippen LogP contribution in [0, 0.1) is 11.8 Å². The molecule has 0 saturated carbocycles. The highest BCUT2D eigenvalue weighted by atomic mass is 16.5. The maximum atomic E-state index is 11.3. The molecule has 0 aromatic carbocycles. The van der Waals surface area contributed by atoms with Crippen molar-refractivity contribution in [3.8, 4) is 0 Å². The van der Waals surface area contributed by atoms with Crippen LogP contribution in [0.3, 0.4) is 0 Å². The monoisotopic (exact) mass is 310 g/mol. The first-order chi connectivity index (χ1) is 10.3. The Kier molecular flexibility index (Phi) is 10.3. The number of carbonyl (C=O) groups is 2. The molecule has 22 heavy (non-hydrogen) atoms. The molecule has 2 atom stereocenters. The van der Waals surface area contributed by atoms with Gasteiger partial charge in [-0.05, 0) is 45.4 Å². The van der Waals surface area contributed by atoms with E-state index in [2.05, 4.69) is 24.7 Å². The van der Waals surface area contributed by atoms with E-state index in [0.717, 1.165) is 25.7 Å². The Balaban J connectivity index is 4.51. The van der Waals surface area contributed by atoms with E-state index in [0.29, 0.717) is 0 Å². The van der Waals surface area contributed by atoms with E-state index < -0.39 is 17.9 Å². The number of carboxylic acid groups (broad SMARTS) is 1. The van der Waals surface area contributed by atoms with Crippen molar-refractivity contribution in [1.82, 2.24) is 0 Å². The van der Waals surface area contributed by atoms with Crippen molar-refractivity contribution in [3.63, 3.8) is 0 Å². The molecular formula is C18H30O4. The van der Waals surface area contributed by atoms with Gasteiger partial charge in [0.15, 0.2) is 0 Å². The Labute approximate surface area is 134 Å². The fourth-order valence-electron chi connectivity index (χ4n) is 2.28. The van der Waals surface area contributed by atoms with Gasteiger partial charge in [-0.2, -0.15) is 0 Å². The quantitative estimate of drug-likeness (QED) is 0.370. The largest absolute Gasteiger partial charge is 0.481 e. The predicted octanol–water partition coefficient (Wildman–Crippen LogP) is 4.36. The molecule has 0 aliphatic rings. The van der Waals surface area contributed by atoms with E-state index in [-0.39, 0.29) is 12.3 Å². The zero-order chi connectivity index (χ0) is 17.1. The lowest BCUT2D eigenvalue weighted by Crippen LogP contribution is -2.24. The maximum Gasteiger partial charge on any atom is 0.307 e. The first-order valence-corrected chi connectivity index (χ1v) is 7.94. The van der Waals surface area contributed by atoms with Crippen molar-refractivity contribution in [3.05, 3.63) is 23.3 Å². The highest BCUT2D eigenvalue weighted by Gasteiger charge is 2.26. The van der Waals surface area contributed by atoms with Crippen LogP contribution in [-0.4, -0.2) is 24.2 Å². The zero-order valence-corrected chi connectivity index (χ0v) is 14.5. The van der Waals surface area contributed by atoms with Gasteiger partial charge < -0.3 is 9.84 Å². The van der Waals surface area contributed by atoms with Crippen molar-refractivity contribution in [2.24, 2.45) is 11.8 Å². The van der Waals surface area contributed by atoms with E-state index >= 15 is 0 Å². The summed E-state index contributed by atoms with van der Waals surface area (Å²) in [4.78, 5) is 22.6. The van der Waals surface area contributed by atoms with Crippen LogP contribution in [0.15, 0.2) is 23.3 Å². The number of hydrogen-bond acceptors (Lipinski definition) is 3. The lowest BCUT2D eigenvalue weighted by atomic mass is 9.89. The molecule has 0 rings (SSSR count). The normalized spacial score (nSPS) is 15.3. The van der Waals surface area contributed by atoms with E-state index in [1.54, 1.807) is 0 Å². The minimum atomic E-state index is -0.955. The van der Waals surface area contributed by atoms with Gasteiger partial charge in [0.1, 0.15) is 0 Å². The highest BCUT2D eigenvalue weighted by Crippen LogP contribution is 2.21. The summed E-state index contributed by atoms with van der Waals surface area (Å²) in [7, 11) is 1.28. The van der Waals surface area contributed by atoms with Crippen LogP contribution in [0.4, 0.5) is 0 Å². The molecule has 0 saturated heterocycles. The lowest BCUT2D eigenvalue weighted by molar-refractivity contribution is -0.151. The van der Waals surface area contributed by atoms with E-state index in [1.807, 2.05) is 19.9 Å². The molecule has 0 aliphatic heterocycles. The van der Waals surface area contributed by atoms with E-state index in [1.165, 1.54) is 18.3 Å². The fraction of sp³-hybridized carbons (Fsp3) is 0.667. The third-order valence-electron chi connectivity index (χ3n) is 3.94. The van der Waals surface area contributed by atoms with Gasteiger partial charge in [0.25, 0.3) is 0 Å². The molecule has 0 aliphatic carbocycles. The van der Waals surface area contributed by atoms with Gasteiger partial charge in [-0.3, -0.25) is 9.59 Å². The van der Waals surface area contributed by atoms with Crippen molar-refractivity contribution < 1.29 is 19.4 Å². The minimum Gasteiger partial charge on any atom is -0.481 e. The topological polar surface area (TPSA) is 63.6 Å². The average molecular weight is 310 g/mol. The number of aliphatic carboxylic acids is 1. The number of carboxylic acids is 1. The second-order valence-corrected chi connectivity index (χ2v) is 5.89. The van der Waals surface area contributed by atoms with Gasteiger partial charge in [-0.1, -0.05) is 37.1 Å². The molecule has 0 bridgehead atoms. The number of unbranched alkanes of at least 4 members (excludes halogenated alkanes) is 1. The van der Waals surface area contributed by atoms with Gasteiger partial charge in [0.2, 0.25) is 0 Å². The van der Waals surface area contributed by atoms with Gasteiger partial charge in [0, 0.05) is 0 Å². The Morgan fingerprint density at radius 1 is 1.23 bits per heavy atom. The van der Waals surface area contributed by atoms with E-state index in [9.17, 15) is 14.7 Å². The van der Waals surface area contributed by atoms with Crippen LogP contribution >= 0.6 is 0 Å². The number of ether oxygens (including phenoxy) is 1. The first kappa shape index (κ1) is 20.4. The van der Waals surface area contributed by atoms with Crippen LogP contribution in [-0.2, 0) is 14.3 Å². The smallest absolute Gasteiger partial charge is 0.307 e. The standard InChI is InChI=1S/C18H30O4/c1-6-13(2)9-7-8-10-14(3)11-15(4)16(18(20)21)12-17(19)22-5/h9,11,15-16H,6-8,10,12H2,1-5H3,(H,20,21). The Hall–Kier alpha value is -1.58. The van der Waals surface area contributed by atoms with Crippen LogP contribution in [0.5, 0.6) is 0 Å². The summed E-state index contributed by atoms with van der Waals surface area (Å²) in [5, 5.41) is 9.26. The molecule has 126 valence electrons. The van der Waals surface area contributed by atoms with Gasteiger partial charge >= 0.3 is 11.9 Å². The van der Waals surface area contributed by atoms with Crippen molar-refractivity contribution in [2.45, 2.75) is 59.8 Å². The lowest BCUT2D eigenvalue weighted by Gasteiger charge is -2.17. The van der Waals surface area contributed by atoms with Gasteiger partial charge in [-0.25, -0.2) is 0 Å². The van der Waals surface area contributed by atoms with Crippen LogP contribution in [0.25, 0.3) is 0 Å². The zero-order valence-electron chi connectivity index (χ0n) is 14.5. The van der Waals surface area contributed by atoms with Crippen LogP contribution in [0.2, 0.25) is 0 Å². The molecule has 1 N–H and O–H groups in total. The summed E-state index contributed by atoms with van der Waals surface area (Å²) in [6.45, 7) is 8.14. The summed E-state index contributed by atoms with van der Waals surface area (Å²) in [6, 6.07) is 0. The Morgan fingerprint density at radius 2 is 1.86 bits per heavy atom. The molecule has 0 aromatic heterocycles. The van der Waals surface area contributed by atoms with Crippen molar-refractivity contribution >= 4 is 11.9 Å². The predicted molar refractivity (Wildman–Crippen MR) is 88.6 cm³/mol. The number of carbonyl (C=O) groups excluding carboxylic acids is 1. The molecule has 0 fully saturated rings. The Bertz CT molecular complexity index is 421. The number of rotatable bonds is 10. The van der Waals surface area contributed by atoms with Crippen LogP contribution in [0.1, 0.15) is 59.8 Å². The summed E-state index contributed by atoms with van der Waals surface area (Å²) >= 11 is 0. The summed E-state index contributed by atoms with van der Waals surface area (Å²) in [5.41, 5.74) is 2.57. The van der Waals surface area contributed by atoms with E-state index in [4.69, 9.17) is 0 Å². The Morgan fingerprint density at radius 3 is 2.36 bits per heavy atom. The third kappa shape index (κ3) is 8.65. The number of esters is 1. The SMILES string of the molecule is CCC(C)=CCCCC(C)=CC(C)C(CC(=O)OC)C(=O)O. The third-order valence-corrected chi connectivity index (χ3v) is 3.94. The maximum absolute atomic E-state index is 11.3. The van der Waals surface area contributed by atoms with Crippen LogP contribution < -0.4 is 0 Å². The molecular weight excluding hydrogens is 280 g/mol. The summed E-state index contributed by atoms with van der Waals surface area (Å²) in [6.07, 6.45) is 8.27. The second-order valence-electron chi connectivity index (χ2n) is 5.89. The van der Waals surface area contributed by atoms with Crippen molar-refractivity contribution in [2.75, 3.05) is 7.11 Å². The first-order valence-electron chi connectivity index (χ1n) is 7.94. The molecule has 0 radical (unpaired) electrons. The summed E-state index contributed by atoms with van der Waals surface area (Å²) < 4.78 is 4.57. The number of allylic oxidation sites excluding steroid dienone is 4. The molecule has 4 nitrogen and oxygen atoms in total. The second kappa shape index (κ2) is 11.0. The van der Waals surface area contributed by atoms with Gasteiger partial charge in [-0.15, -0.1) is 0 Å².